The second kappa shape index (κ2) is 9.96. The Kier molecular flexibility index (Phi) is 6.34. The third-order valence-corrected chi connectivity index (χ3v) is 7.33. The van der Waals surface area contributed by atoms with Crippen molar-refractivity contribution >= 4 is 38.3 Å². The first-order chi connectivity index (χ1) is 18.5. The summed E-state index contributed by atoms with van der Waals surface area (Å²) >= 11 is 4.66. The monoisotopic (exact) mass is 587 g/mol. The number of thiazole rings is 1. The average molecular weight is 588 g/mol. The Hall–Kier alpha value is -4.15. The second-order valence-corrected chi connectivity index (χ2v) is 10.3. The predicted molar refractivity (Wildman–Crippen MR) is 149 cm³/mol. The van der Waals surface area contributed by atoms with E-state index in [4.69, 9.17) is 9.84 Å². The zero-order valence-electron chi connectivity index (χ0n) is 20.0. The van der Waals surface area contributed by atoms with Crippen molar-refractivity contribution in [1.29, 1.82) is 0 Å². The molecule has 0 aliphatic heterocycles. The van der Waals surface area contributed by atoms with Crippen LogP contribution in [-0.2, 0) is 0 Å². The molecule has 3 aromatic heterocycles. The van der Waals surface area contributed by atoms with E-state index in [0.717, 1.165) is 15.7 Å². The molecule has 0 aliphatic rings. The van der Waals surface area contributed by atoms with Crippen LogP contribution in [0.2, 0.25) is 0 Å². The molecule has 6 aromatic rings. The number of aromatic nitrogens is 5. The summed E-state index contributed by atoms with van der Waals surface area (Å²) in [4.78, 5) is 18.3. The van der Waals surface area contributed by atoms with Gasteiger partial charge in [-0.2, -0.15) is 14.6 Å². The molecule has 0 fully saturated rings. The van der Waals surface area contributed by atoms with Crippen molar-refractivity contribution < 1.29 is 9.13 Å². The molecule has 10 heteroatoms. The van der Waals surface area contributed by atoms with Gasteiger partial charge >= 0.3 is 0 Å². The summed E-state index contributed by atoms with van der Waals surface area (Å²) < 4.78 is 24.5. The van der Waals surface area contributed by atoms with Crippen LogP contribution in [0.25, 0.3) is 39.4 Å². The lowest BCUT2D eigenvalue weighted by Crippen LogP contribution is -2.23. The zero-order chi connectivity index (χ0) is 26.2. The molecule has 6 rings (SSSR count). The van der Waals surface area contributed by atoms with E-state index >= 15 is 0 Å². The van der Waals surface area contributed by atoms with E-state index in [-0.39, 0.29) is 11.3 Å². The van der Waals surface area contributed by atoms with Crippen LogP contribution >= 0.6 is 27.3 Å². The molecule has 3 aromatic carbocycles. The molecule has 38 heavy (non-hydrogen) atoms. The minimum atomic E-state index is -0.478. The van der Waals surface area contributed by atoms with Gasteiger partial charge in [0.2, 0.25) is 4.96 Å². The minimum Gasteiger partial charge on any atom is -0.491 e. The highest BCUT2D eigenvalue weighted by molar-refractivity contribution is 9.10. The summed E-state index contributed by atoms with van der Waals surface area (Å²) in [5, 5.41) is 9.16. The summed E-state index contributed by atoms with van der Waals surface area (Å²) in [7, 11) is 0. The molecular weight excluding hydrogens is 569 g/mol. The van der Waals surface area contributed by atoms with Crippen LogP contribution in [-0.4, -0.2) is 31.0 Å². The number of rotatable bonds is 6. The van der Waals surface area contributed by atoms with E-state index in [1.807, 2.05) is 60.8 Å². The fourth-order valence-corrected chi connectivity index (χ4v) is 5.21. The molecule has 188 valence electrons. The highest BCUT2D eigenvalue weighted by Crippen LogP contribution is 2.29. The molecule has 0 bridgehead atoms. The molecule has 0 saturated heterocycles. The second-order valence-electron chi connectivity index (χ2n) is 8.34. The van der Waals surface area contributed by atoms with Gasteiger partial charge in [-0.25, -0.2) is 9.07 Å². The lowest BCUT2D eigenvalue weighted by molar-refractivity contribution is 0.321. The highest BCUT2D eigenvalue weighted by Gasteiger charge is 2.16. The summed E-state index contributed by atoms with van der Waals surface area (Å²) in [6, 6.07) is 21.9. The van der Waals surface area contributed by atoms with Crippen LogP contribution in [0.15, 0.2) is 88.3 Å². The van der Waals surface area contributed by atoms with Crippen LogP contribution in [0.4, 0.5) is 4.39 Å². The Morgan fingerprint density at radius 2 is 1.79 bits per heavy atom. The SMILES string of the molecule is CCOc1ccc(-c2nn(-c3ccccc3)cc2/C=c2\sc3nc(-c4ccc(Br)cc4)nn3c2=O)cc1F. The molecule has 7 nitrogen and oxygen atoms in total. The summed E-state index contributed by atoms with van der Waals surface area (Å²) in [5.74, 6) is 0.182. The summed E-state index contributed by atoms with van der Waals surface area (Å²) in [6.07, 6.45) is 3.57. The normalized spacial score (nSPS) is 11.9. The van der Waals surface area contributed by atoms with Crippen LogP contribution < -0.4 is 14.8 Å². The first kappa shape index (κ1) is 24.2. The van der Waals surface area contributed by atoms with Crippen molar-refractivity contribution in [3.63, 3.8) is 0 Å². The van der Waals surface area contributed by atoms with Gasteiger partial charge in [-0.1, -0.05) is 57.6 Å². The fourth-order valence-electron chi connectivity index (χ4n) is 4.05. The lowest BCUT2D eigenvalue weighted by Gasteiger charge is -2.06. The Morgan fingerprint density at radius 3 is 2.50 bits per heavy atom. The van der Waals surface area contributed by atoms with Gasteiger partial charge in [0.25, 0.3) is 5.56 Å². The number of fused-ring (bicyclic) bond motifs is 1. The molecule has 0 unspecified atom stereocenters. The molecule has 0 saturated carbocycles. The van der Waals surface area contributed by atoms with E-state index in [2.05, 4.69) is 26.0 Å². The van der Waals surface area contributed by atoms with Crippen molar-refractivity contribution in [3.8, 4) is 34.1 Å². The van der Waals surface area contributed by atoms with Gasteiger partial charge in [0.05, 0.1) is 16.8 Å². The van der Waals surface area contributed by atoms with Gasteiger partial charge in [-0.15, -0.1) is 5.10 Å². The van der Waals surface area contributed by atoms with Crippen molar-refractivity contribution in [3.05, 3.63) is 110 Å². The number of nitrogens with zero attached hydrogens (tertiary/aromatic N) is 5. The third kappa shape index (κ3) is 4.52. The van der Waals surface area contributed by atoms with Crippen LogP contribution in [0.1, 0.15) is 12.5 Å². The molecule has 0 spiro atoms. The predicted octanol–water partition coefficient (Wildman–Crippen LogP) is 5.52. The average Bonchev–Trinajstić information content (AvgIpc) is 3.62. The van der Waals surface area contributed by atoms with Gasteiger partial charge in [0, 0.05) is 27.4 Å². The molecule has 3 heterocycles. The topological polar surface area (TPSA) is 74.3 Å². The number of para-hydroxylation sites is 1. The van der Waals surface area contributed by atoms with E-state index < -0.39 is 5.82 Å². The largest absolute Gasteiger partial charge is 0.491 e. The van der Waals surface area contributed by atoms with Gasteiger partial charge in [-0.3, -0.25) is 4.79 Å². The van der Waals surface area contributed by atoms with Crippen molar-refractivity contribution in [2.24, 2.45) is 0 Å². The van der Waals surface area contributed by atoms with E-state index in [0.29, 0.717) is 38.7 Å². The highest BCUT2D eigenvalue weighted by atomic mass is 79.9. The molecule has 0 N–H and O–H groups in total. The van der Waals surface area contributed by atoms with E-state index in [1.54, 1.807) is 29.8 Å². The maximum atomic E-state index is 14.7. The van der Waals surface area contributed by atoms with Crippen molar-refractivity contribution in [1.82, 2.24) is 24.4 Å². The molecule has 0 atom stereocenters. The third-order valence-electron chi connectivity index (χ3n) is 5.84. The quantitative estimate of drug-likeness (QED) is 0.256. The van der Waals surface area contributed by atoms with Crippen molar-refractivity contribution in [2.45, 2.75) is 6.92 Å². The Balaban J connectivity index is 1.47. The minimum absolute atomic E-state index is 0.179. The summed E-state index contributed by atoms with van der Waals surface area (Å²) in [5.41, 5.74) is 3.13. The number of hydrogen-bond donors (Lipinski definition) is 0. The number of ether oxygens (including phenoxy) is 1. The molecular formula is C28H19BrFN5O2S. The van der Waals surface area contributed by atoms with Gasteiger partial charge in [-0.05, 0) is 55.5 Å². The first-order valence-electron chi connectivity index (χ1n) is 11.7. The van der Waals surface area contributed by atoms with E-state index in [1.165, 1.54) is 21.9 Å². The standard InChI is InChI=1S/C28H19BrFN5O2S/c1-2-37-23-13-10-18(14-22(23)30)25-19(16-34(32-25)21-6-4-3-5-7-21)15-24-27(36)35-28(38-24)31-26(33-35)17-8-11-20(29)12-9-17/h3-16H,2H2,1H3/b24-15-. The summed E-state index contributed by atoms with van der Waals surface area (Å²) in [6.45, 7) is 2.17. The van der Waals surface area contributed by atoms with Gasteiger partial charge < -0.3 is 4.74 Å². The fraction of sp³-hybridized carbons (Fsp3) is 0.0714. The Labute approximate surface area is 228 Å². The van der Waals surface area contributed by atoms with E-state index in [9.17, 15) is 9.18 Å². The zero-order valence-corrected chi connectivity index (χ0v) is 22.4. The Bertz CT molecular complexity index is 1880. The maximum absolute atomic E-state index is 14.7. The molecule has 0 aliphatic carbocycles. The maximum Gasteiger partial charge on any atom is 0.291 e. The number of halogens is 2. The van der Waals surface area contributed by atoms with Crippen molar-refractivity contribution in [2.75, 3.05) is 6.61 Å². The van der Waals surface area contributed by atoms with Crippen LogP contribution in [0.5, 0.6) is 5.75 Å². The number of hydrogen-bond acceptors (Lipinski definition) is 6. The van der Waals surface area contributed by atoms with Gasteiger partial charge in [0.15, 0.2) is 17.4 Å². The molecule has 0 amide bonds. The number of benzene rings is 3. The van der Waals surface area contributed by atoms with Crippen LogP contribution in [0, 0.1) is 5.82 Å². The Morgan fingerprint density at radius 1 is 1.03 bits per heavy atom. The smallest absolute Gasteiger partial charge is 0.291 e. The molecule has 0 radical (unpaired) electrons. The van der Waals surface area contributed by atoms with Crippen LogP contribution in [0.3, 0.4) is 0 Å². The first-order valence-corrected chi connectivity index (χ1v) is 13.4. The van der Waals surface area contributed by atoms with Gasteiger partial charge in [0.1, 0.15) is 5.69 Å². The lowest BCUT2D eigenvalue weighted by atomic mass is 10.1.